The Labute approximate surface area is 97.8 Å². The van der Waals surface area contributed by atoms with Gasteiger partial charge < -0.3 is 15.7 Å². The van der Waals surface area contributed by atoms with Crippen LogP contribution in [-0.2, 0) is 4.79 Å². The molecule has 1 heterocycles. The highest BCUT2D eigenvalue weighted by Crippen LogP contribution is 2.03. The molecule has 0 fully saturated rings. The van der Waals surface area contributed by atoms with Gasteiger partial charge in [0.05, 0.1) is 6.04 Å². The first-order chi connectivity index (χ1) is 8.04. The number of carboxylic acid groups (broad SMARTS) is 1. The number of nitrogens with one attached hydrogen (secondary N) is 3. The van der Waals surface area contributed by atoms with Crippen molar-refractivity contribution in [2.45, 2.75) is 32.4 Å². The van der Waals surface area contributed by atoms with Crippen LogP contribution in [0.3, 0.4) is 0 Å². The highest BCUT2D eigenvalue weighted by Gasteiger charge is 2.19. The van der Waals surface area contributed by atoms with Crippen LogP contribution >= 0.6 is 0 Å². The van der Waals surface area contributed by atoms with Crippen molar-refractivity contribution in [1.82, 2.24) is 25.8 Å². The fraction of sp³-hybridized carbons (Fsp3) is 0.556. The molecule has 1 aromatic rings. The lowest BCUT2D eigenvalue weighted by Crippen LogP contribution is -2.46. The van der Waals surface area contributed by atoms with Crippen LogP contribution in [0.25, 0.3) is 0 Å². The molecular weight excluding hydrogens is 226 g/mol. The van der Waals surface area contributed by atoms with E-state index in [-0.39, 0.29) is 6.04 Å². The molecule has 0 aliphatic heterocycles. The Morgan fingerprint density at radius 3 is 2.71 bits per heavy atom. The quantitative estimate of drug-likeness (QED) is 0.579. The molecule has 0 saturated heterocycles. The minimum Gasteiger partial charge on any atom is -0.480 e. The van der Waals surface area contributed by atoms with Gasteiger partial charge in [-0.3, -0.25) is 5.10 Å². The molecule has 0 aliphatic carbocycles. The summed E-state index contributed by atoms with van der Waals surface area (Å²) in [5.41, 5.74) is 0. The van der Waals surface area contributed by atoms with Crippen LogP contribution < -0.4 is 10.6 Å². The van der Waals surface area contributed by atoms with Gasteiger partial charge in [0.15, 0.2) is 0 Å². The van der Waals surface area contributed by atoms with Crippen molar-refractivity contribution in [3.8, 4) is 0 Å². The van der Waals surface area contributed by atoms with Crippen LogP contribution in [0, 0.1) is 0 Å². The maximum atomic E-state index is 11.5. The van der Waals surface area contributed by atoms with Gasteiger partial charge in [-0.05, 0) is 13.3 Å². The van der Waals surface area contributed by atoms with Crippen LogP contribution in [0.15, 0.2) is 6.33 Å². The van der Waals surface area contributed by atoms with Crippen molar-refractivity contribution in [3.05, 3.63) is 12.2 Å². The summed E-state index contributed by atoms with van der Waals surface area (Å²) in [7, 11) is 0. The number of hydrogen-bond acceptors (Lipinski definition) is 4. The first-order valence-electron chi connectivity index (χ1n) is 5.19. The Bertz CT molecular complexity index is 378. The zero-order valence-corrected chi connectivity index (χ0v) is 9.60. The molecule has 4 N–H and O–H groups in total. The molecule has 0 bridgehead atoms. The van der Waals surface area contributed by atoms with E-state index in [0.29, 0.717) is 12.2 Å². The Balaban J connectivity index is 2.47. The molecule has 94 valence electrons. The predicted octanol–water partition coefficient (Wildman–Crippen LogP) is 0.0281. The molecular formula is C9H15N5O3. The highest BCUT2D eigenvalue weighted by atomic mass is 16.4. The van der Waals surface area contributed by atoms with Crippen molar-refractivity contribution in [2.75, 3.05) is 0 Å². The van der Waals surface area contributed by atoms with Crippen LogP contribution in [0.5, 0.6) is 0 Å². The lowest BCUT2D eigenvalue weighted by Gasteiger charge is -2.15. The van der Waals surface area contributed by atoms with Crippen molar-refractivity contribution < 1.29 is 14.7 Å². The van der Waals surface area contributed by atoms with Gasteiger partial charge in [0.1, 0.15) is 18.2 Å². The Morgan fingerprint density at radius 2 is 2.24 bits per heavy atom. The van der Waals surface area contributed by atoms with E-state index in [1.165, 1.54) is 6.33 Å². The third-order valence-corrected chi connectivity index (χ3v) is 2.20. The van der Waals surface area contributed by atoms with E-state index in [4.69, 9.17) is 5.11 Å². The van der Waals surface area contributed by atoms with E-state index in [1.807, 2.05) is 0 Å². The average Bonchev–Trinajstić information content (AvgIpc) is 2.78. The third kappa shape index (κ3) is 3.74. The van der Waals surface area contributed by atoms with Crippen LogP contribution in [-0.4, -0.2) is 38.3 Å². The fourth-order valence-electron chi connectivity index (χ4n) is 1.23. The lowest BCUT2D eigenvalue weighted by molar-refractivity contribution is -0.139. The second-order valence-corrected chi connectivity index (χ2v) is 3.51. The van der Waals surface area contributed by atoms with Crippen LogP contribution in [0.1, 0.15) is 32.1 Å². The second-order valence-electron chi connectivity index (χ2n) is 3.51. The standard InChI is InChI=1S/C9H15N5O3/c1-3-6(8(15)16)13-9(17)12-5(2)7-10-4-11-14-7/h4-6H,3H2,1-2H3,(H,15,16)(H,10,11,14)(H2,12,13,17). The molecule has 8 heteroatoms. The zero-order chi connectivity index (χ0) is 12.8. The normalized spacial score (nSPS) is 13.8. The average molecular weight is 241 g/mol. The van der Waals surface area contributed by atoms with Gasteiger partial charge in [-0.25, -0.2) is 14.6 Å². The number of aliphatic carboxylic acids is 1. The predicted molar refractivity (Wildman–Crippen MR) is 58.2 cm³/mol. The number of amides is 2. The summed E-state index contributed by atoms with van der Waals surface area (Å²) < 4.78 is 0. The van der Waals surface area contributed by atoms with Gasteiger partial charge in [0.2, 0.25) is 0 Å². The molecule has 0 spiro atoms. The van der Waals surface area contributed by atoms with Gasteiger partial charge in [-0.1, -0.05) is 6.92 Å². The summed E-state index contributed by atoms with van der Waals surface area (Å²) in [4.78, 5) is 26.1. The summed E-state index contributed by atoms with van der Waals surface area (Å²) in [6, 6.07) is -1.82. The fourth-order valence-corrected chi connectivity index (χ4v) is 1.23. The maximum Gasteiger partial charge on any atom is 0.326 e. The molecule has 17 heavy (non-hydrogen) atoms. The molecule has 0 aromatic carbocycles. The van der Waals surface area contributed by atoms with Gasteiger partial charge in [-0.15, -0.1) is 0 Å². The minimum atomic E-state index is -1.06. The summed E-state index contributed by atoms with van der Waals surface area (Å²) >= 11 is 0. The topological polar surface area (TPSA) is 120 Å². The molecule has 2 unspecified atom stereocenters. The van der Waals surface area contributed by atoms with Gasteiger partial charge >= 0.3 is 12.0 Å². The highest BCUT2D eigenvalue weighted by molar-refractivity contribution is 5.82. The van der Waals surface area contributed by atoms with E-state index in [1.54, 1.807) is 13.8 Å². The van der Waals surface area contributed by atoms with E-state index in [0.717, 1.165) is 0 Å². The molecule has 0 saturated carbocycles. The number of aromatic amines is 1. The monoisotopic (exact) mass is 241 g/mol. The SMILES string of the molecule is CCC(NC(=O)NC(C)c1ncn[nH]1)C(=O)O. The van der Waals surface area contributed by atoms with Crippen molar-refractivity contribution in [3.63, 3.8) is 0 Å². The summed E-state index contributed by atoms with van der Waals surface area (Å²) in [5, 5.41) is 19.9. The van der Waals surface area contributed by atoms with E-state index < -0.39 is 18.0 Å². The summed E-state index contributed by atoms with van der Waals surface area (Å²) in [6.45, 7) is 3.39. The van der Waals surface area contributed by atoms with E-state index >= 15 is 0 Å². The summed E-state index contributed by atoms with van der Waals surface area (Å²) in [5.74, 6) is -0.557. The van der Waals surface area contributed by atoms with Crippen molar-refractivity contribution in [1.29, 1.82) is 0 Å². The molecule has 8 nitrogen and oxygen atoms in total. The number of aromatic nitrogens is 3. The third-order valence-electron chi connectivity index (χ3n) is 2.20. The molecule has 0 radical (unpaired) electrons. The number of nitrogens with zero attached hydrogens (tertiary/aromatic N) is 2. The minimum absolute atomic E-state index is 0.319. The van der Waals surface area contributed by atoms with Gasteiger partial charge in [-0.2, -0.15) is 5.10 Å². The zero-order valence-electron chi connectivity index (χ0n) is 9.60. The Morgan fingerprint density at radius 1 is 1.53 bits per heavy atom. The van der Waals surface area contributed by atoms with Crippen molar-refractivity contribution >= 4 is 12.0 Å². The number of urea groups is 1. The number of rotatable bonds is 5. The second kappa shape index (κ2) is 5.83. The number of carboxylic acids is 1. The Kier molecular flexibility index (Phi) is 4.44. The molecule has 0 aliphatic rings. The molecule has 1 aromatic heterocycles. The molecule has 1 rings (SSSR count). The molecule has 2 amide bonds. The maximum absolute atomic E-state index is 11.5. The van der Waals surface area contributed by atoms with Crippen molar-refractivity contribution in [2.24, 2.45) is 0 Å². The number of carbonyl (C=O) groups excluding carboxylic acids is 1. The smallest absolute Gasteiger partial charge is 0.326 e. The van der Waals surface area contributed by atoms with E-state index in [9.17, 15) is 9.59 Å². The Hall–Kier alpha value is -2.12. The first-order valence-corrected chi connectivity index (χ1v) is 5.19. The largest absolute Gasteiger partial charge is 0.480 e. The van der Waals surface area contributed by atoms with Crippen LogP contribution in [0.4, 0.5) is 4.79 Å². The number of carbonyl (C=O) groups is 2. The molecule has 2 atom stereocenters. The first kappa shape index (κ1) is 12.9. The number of H-pyrrole nitrogens is 1. The van der Waals surface area contributed by atoms with Crippen LogP contribution in [0.2, 0.25) is 0 Å². The number of hydrogen-bond donors (Lipinski definition) is 4. The van der Waals surface area contributed by atoms with Gasteiger partial charge in [0, 0.05) is 0 Å². The summed E-state index contributed by atoms with van der Waals surface area (Å²) in [6.07, 6.45) is 1.65. The lowest BCUT2D eigenvalue weighted by atomic mass is 10.2. The van der Waals surface area contributed by atoms with Gasteiger partial charge in [0.25, 0.3) is 0 Å². The van der Waals surface area contributed by atoms with E-state index in [2.05, 4.69) is 25.8 Å².